The van der Waals surface area contributed by atoms with Crippen molar-refractivity contribution in [3.8, 4) is 0 Å². The molecule has 0 spiro atoms. The van der Waals surface area contributed by atoms with Crippen LogP contribution in [0.15, 0.2) is 0 Å². The number of rotatable bonds is 3. The number of hydrogen-bond donors (Lipinski definition) is 0. The van der Waals surface area contributed by atoms with Crippen LogP contribution in [0.3, 0.4) is 0 Å². The van der Waals surface area contributed by atoms with E-state index in [1.54, 1.807) is 0 Å². The predicted octanol–water partition coefficient (Wildman–Crippen LogP) is 0.111. The average Bonchev–Trinajstić information content (AvgIpc) is 2.24. The van der Waals surface area contributed by atoms with Crippen molar-refractivity contribution in [2.75, 3.05) is 17.3 Å². The normalized spacial score (nSPS) is 27.6. The molecule has 1 rings (SSSR count). The Hall–Kier alpha value is -0.170. The summed E-state index contributed by atoms with van der Waals surface area (Å²) in [6.07, 6.45) is 0.565. The zero-order valence-corrected chi connectivity index (χ0v) is 8.57. The van der Waals surface area contributed by atoms with Gasteiger partial charge in [0.25, 0.3) is 0 Å². The van der Waals surface area contributed by atoms with Crippen molar-refractivity contribution in [3.05, 3.63) is 0 Å². The third kappa shape index (κ3) is 4.04. The van der Waals surface area contributed by atoms with Crippen LogP contribution in [-0.2, 0) is 20.1 Å². The van der Waals surface area contributed by atoms with Crippen molar-refractivity contribution >= 4 is 20.1 Å². The van der Waals surface area contributed by atoms with Crippen LogP contribution in [0.1, 0.15) is 12.8 Å². The van der Waals surface area contributed by atoms with Gasteiger partial charge in [-0.2, -0.15) is 8.42 Å². The third-order valence-corrected chi connectivity index (χ3v) is 4.66. The van der Waals surface area contributed by atoms with Gasteiger partial charge in [0.2, 0.25) is 0 Å². The molecule has 1 aliphatic heterocycles. The van der Waals surface area contributed by atoms with Gasteiger partial charge >= 0.3 is 10.2 Å². The van der Waals surface area contributed by atoms with E-state index in [-0.39, 0.29) is 23.8 Å². The number of halogens is 1. The summed E-state index contributed by atoms with van der Waals surface area (Å²) in [5, 5.41) is 0. The highest BCUT2D eigenvalue weighted by atomic mass is 32.3. The second-order valence-electron chi connectivity index (χ2n) is 3.30. The molecule has 0 bridgehead atoms. The van der Waals surface area contributed by atoms with E-state index in [1.165, 1.54) is 0 Å². The Kier molecular flexibility index (Phi) is 2.96. The van der Waals surface area contributed by atoms with E-state index in [0.717, 1.165) is 0 Å². The van der Waals surface area contributed by atoms with Gasteiger partial charge in [-0.3, -0.25) is 0 Å². The Labute approximate surface area is 77.3 Å². The Bertz CT molecular complexity index is 369. The van der Waals surface area contributed by atoms with Gasteiger partial charge in [-0.1, -0.05) is 0 Å². The molecule has 0 aromatic heterocycles. The molecule has 0 amide bonds. The van der Waals surface area contributed by atoms with Crippen LogP contribution in [0.5, 0.6) is 0 Å². The molecule has 4 nitrogen and oxygen atoms in total. The molecule has 0 radical (unpaired) electrons. The molecule has 1 saturated heterocycles. The van der Waals surface area contributed by atoms with Crippen molar-refractivity contribution in [1.29, 1.82) is 0 Å². The summed E-state index contributed by atoms with van der Waals surface area (Å²) in [5.41, 5.74) is 0. The first-order chi connectivity index (χ1) is 5.79. The van der Waals surface area contributed by atoms with Crippen LogP contribution in [0.25, 0.3) is 0 Å². The average molecular weight is 230 g/mol. The highest BCUT2D eigenvalue weighted by Gasteiger charge is 2.28. The van der Waals surface area contributed by atoms with Gasteiger partial charge in [-0.15, -0.1) is 3.89 Å². The minimum atomic E-state index is -4.44. The van der Waals surface area contributed by atoms with E-state index in [2.05, 4.69) is 0 Å². The lowest BCUT2D eigenvalue weighted by molar-refractivity contribution is 0.525. The minimum absolute atomic E-state index is 0.00250. The second kappa shape index (κ2) is 3.53. The van der Waals surface area contributed by atoms with Crippen LogP contribution in [-0.4, -0.2) is 34.1 Å². The lowest BCUT2D eigenvalue weighted by Gasteiger charge is -2.03. The van der Waals surface area contributed by atoms with Gasteiger partial charge < -0.3 is 0 Å². The van der Waals surface area contributed by atoms with Crippen molar-refractivity contribution in [1.82, 2.24) is 0 Å². The summed E-state index contributed by atoms with van der Waals surface area (Å²) in [5.74, 6) is -0.643. The summed E-state index contributed by atoms with van der Waals surface area (Å²) in [6, 6.07) is 0. The second-order valence-corrected chi connectivity index (χ2v) is 7.02. The molecule has 78 valence electrons. The first-order valence-corrected chi connectivity index (χ1v) is 7.29. The predicted molar refractivity (Wildman–Crippen MR) is 46.3 cm³/mol. The van der Waals surface area contributed by atoms with E-state index in [4.69, 9.17) is 0 Å². The zero-order valence-electron chi connectivity index (χ0n) is 6.94. The highest BCUT2D eigenvalue weighted by Crippen LogP contribution is 2.22. The standard InChI is InChI=1S/C6H11FO4S2/c7-13(10,11)4-2-6-1-3-12(8,9)5-6/h6H,1-5H2. The van der Waals surface area contributed by atoms with E-state index in [9.17, 15) is 20.7 Å². The van der Waals surface area contributed by atoms with Gasteiger partial charge in [0.15, 0.2) is 9.84 Å². The van der Waals surface area contributed by atoms with Gasteiger partial charge in [0.05, 0.1) is 17.3 Å². The molecule has 0 aromatic rings. The van der Waals surface area contributed by atoms with Crippen LogP contribution in [0.2, 0.25) is 0 Å². The van der Waals surface area contributed by atoms with E-state index < -0.39 is 25.8 Å². The fraction of sp³-hybridized carbons (Fsp3) is 1.00. The molecule has 1 atom stereocenters. The molecule has 13 heavy (non-hydrogen) atoms. The number of hydrogen-bond acceptors (Lipinski definition) is 4. The summed E-state index contributed by atoms with van der Waals surface area (Å²) < 4.78 is 54.2. The van der Waals surface area contributed by atoms with E-state index in [1.807, 2.05) is 0 Å². The van der Waals surface area contributed by atoms with Gasteiger partial charge in [0.1, 0.15) is 0 Å². The number of sulfone groups is 1. The highest BCUT2D eigenvalue weighted by molar-refractivity contribution is 7.91. The van der Waals surface area contributed by atoms with Crippen molar-refractivity contribution < 1.29 is 20.7 Å². The van der Waals surface area contributed by atoms with Crippen LogP contribution < -0.4 is 0 Å². The van der Waals surface area contributed by atoms with Gasteiger partial charge in [-0.25, -0.2) is 8.42 Å². The Morgan fingerprint density at radius 1 is 1.38 bits per heavy atom. The Balaban J connectivity index is 2.42. The largest absolute Gasteiger partial charge is 0.302 e. The van der Waals surface area contributed by atoms with Gasteiger partial charge in [-0.05, 0) is 18.8 Å². The van der Waals surface area contributed by atoms with E-state index >= 15 is 0 Å². The topological polar surface area (TPSA) is 68.3 Å². The molecule has 1 unspecified atom stereocenters. The first kappa shape index (κ1) is 10.9. The monoisotopic (exact) mass is 230 g/mol. The fourth-order valence-corrected chi connectivity index (χ4v) is 3.93. The summed E-state index contributed by atoms with van der Waals surface area (Å²) in [7, 11) is -7.42. The van der Waals surface area contributed by atoms with Crippen LogP contribution in [0, 0.1) is 5.92 Å². The molecular formula is C6H11FO4S2. The van der Waals surface area contributed by atoms with Crippen molar-refractivity contribution in [2.24, 2.45) is 5.92 Å². The maximum Gasteiger partial charge on any atom is 0.302 e. The lowest BCUT2D eigenvalue weighted by atomic mass is 10.1. The van der Waals surface area contributed by atoms with Crippen LogP contribution in [0.4, 0.5) is 3.89 Å². The Morgan fingerprint density at radius 2 is 2.00 bits per heavy atom. The molecule has 0 aliphatic carbocycles. The lowest BCUT2D eigenvalue weighted by Crippen LogP contribution is -2.09. The maximum absolute atomic E-state index is 12.1. The fourth-order valence-electron chi connectivity index (χ4n) is 1.41. The smallest absolute Gasteiger partial charge is 0.229 e. The molecule has 1 aliphatic rings. The first-order valence-electron chi connectivity index (χ1n) is 3.91. The molecule has 0 aromatic carbocycles. The summed E-state index contributed by atoms with van der Waals surface area (Å²) in [6.45, 7) is 0. The van der Waals surface area contributed by atoms with Crippen molar-refractivity contribution in [3.63, 3.8) is 0 Å². The minimum Gasteiger partial charge on any atom is -0.229 e. The third-order valence-electron chi connectivity index (χ3n) is 2.10. The molecule has 1 fully saturated rings. The zero-order chi connectivity index (χ0) is 10.1. The van der Waals surface area contributed by atoms with Crippen molar-refractivity contribution in [2.45, 2.75) is 12.8 Å². The van der Waals surface area contributed by atoms with Crippen LogP contribution >= 0.6 is 0 Å². The summed E-state index contributed by atoms with van der Waals surface area (Å²) >= 11 is 0. The molecule has 1 heterocycles. The molecular weight excluding hydrogens is 219 g/mol. The maximum atomic E-state index is 12.1. The van der Waals surface area contributed by atoms with E-state index in [0.29, 0.717) is 6.42 Å². The molecule has 0 saturated carbocycles. The quantitative estimate of drug-likeness (QED) is 0.645. The van der Waals surface area contributed by atoms with Gasteiger partial charge in [0, 0.05) is 0 Å². The summed E-state index contributed by atoms with van der Waals surface area (Å²) in [4.78, 5) is 0. The molecule has 0 N–H and O–H groups in total. The molecule has 7 heteroatoms. The Morgan fingerprint density at radius 3 is 2.38 bits per heavy atom. The SMILES string of the molecule is O=S(=O)(F)CCC1CCS(=O)(=O)C1.